The van der Waals surface area contributed by atoms with Crippen LogP contribution in [0.4, 0.5) is 0 Å². The molecular formula is C12H11N3O2. The number of fused-ring (bicyclic) bond motifs is 1. The second kappa shape index (κ2) is 3.18. The van der Waals surface area contributed by atoms with Gasteiger partial charge in [-0.2, -0.15) is 4.99 Å². The van der Waals surface area contributed by atoms with Gasteiger partial charge in [0.25, 0.3) is 0 Å². The normalized spacial score (nSPS) is 16.8. The van der Waals surface area contributed by atoms with Crippen molar-refractivity contribution in [2.45, 2.75) is 18.4 Å². The first-order valence-corrected chi connectivity index (χ1v) is 5.45. The SMILES string of the molecule is Cn1c(=O)[nH]c2cc(C3(N=C=O)CC3)ccc21. The second-order valence-corrected chi connectivity index (χ2v) is 4.46. The van der Waals surface area contributed by atoms with E-state index in [-0.39, 0.29) is 11.2 Å². The highest BCUT2D eigenvalue weighted by atomic mass is 16.1. The number of nitrogens with one attached hydrogen (secondary N) is 1. The predicted molar refractivity (Wildman–Crippen MR) is 62.6 cm³/mol. The van der Waals surface area contributed by atoms with Gasteiger partial charge in [0, 0.05) is 7.05 Å². The number of hydrogen-bond donors (Lipinski definition) is 1. The molecule has 1 aliphatic rings. The first-order chi connectivity index (χ1) is 8.16. The highest BCUT2D eigenvalue weighted by Gasteiger charge is 2.44. The van der Waals surface area contributed by atoms with Gasteiger partial charge in [0.2, 0.25) is 6.08 Å². The van der Waals surface area contributed by atoms with Gasteiger partial charge >= 0.3 is 5.69 Å². The number of nitrogens with zero attached hydrogens (tertiary/aromatic N) is 2. The number of aromatic nitrogens is 2. The fourth-order valence-electron chi connectivity index (χ4n) is 2.20. The Kier molecular flexibility index (Phi) is 1.88. The molecule has 1 aromatic carbocycles. The number of imidazole rings is 1. The third-order valence-corrected chi connectivity index (χ3v) is 3.42. The monoisotopic (exact) mass is 229 g/mol. The predicted octanol–water partition coefficient (Wildman–Crippen LogP) is 1.19. The lowest BCUT2D eigenvalue weighted by Gasteiger charge is -2.07. The number of carbonyl (C=O) groups excluding carboxylic acids is 1. The maximum Gasteiger partial charge on any atom is 0.326 e. The Balaban J connectivity index is 2.21. The van der Waals surface area contributed by atoms with Crippen molar-refractivity contribution in [2.75, 3.05) is 0 Å². The molecule has 17 heavy (non-hydrogen) atoms. The minimum Gasteiger partial charge on any atom is -0.306 e. The van der Waals surface area contributed by atoms with Crippen molar-refractivity contribution in [3.8, 4) is 0 Å². The van der Waals surface area contributed by atoms with E-state index in [9.17, 15) is 9.59 Å². The lowest BCUT2D eigenvalue weighted by molar-refractivity contribution is 0.556. The van der Waals surface area contributed by atoms with Crippen molar-refractivity contribution >= 4 is 17.1 Å². The first kappa shape index (κ1) is 10.1. The van der Waals surface area contributed by atoms with E-state index in [4.69, 9.17) is 0 Å². The molecular weight excluding hydrogens is 218 g/mol. The van der Waals surface area contributed by atoms with Gasteiger partial charge < -0.3 is 4.98 Å². The lowest BCUT2D eigenvalue weighted by atomic mass is 10.1. The van der Waals surface area contributed by atoms with E-state index in [1.165, 1.54) is 0 Å². The van der Waals surface area contributed by atoms with Gasteiger partial charge in [-0.05, 0) is 30.5 Å². The van der Waals surface area contributed by atoms with Crippen molar-refractivity contribution in [1.29, 1.82) is 0 Å². The smallest absolute Gasteiger partial charge is 0.306 e. The van der Waals surface area contributed by atoms with Crippen LogP contribution in [-0.4, -0.2) is 15.6 Å². The Morgan fingerprint density at radius 1 is 1.47 bits per heavy atom. The van der Waals surface area contributed by atoms with Gasteiger partial charge in [-0.1, -0.05) is 6.07 Å². The van der Waals surface area contributed by atoms with E-state index >= 15 is 0 Å². The highest BCUT2D eigenvalue weighted by Crippen LogP contribution is 2.49. The molecule has 1 aliphatic carbocycles. The summed E-state index contributed by atoms with van der Waals surface area (Å²) in [5.74, 6) is 0. The van der Waals surface area contributed by atoms with Crippen molar-refractivity contribution in [3.05, 3.63) is 34.2 Å². The summed E-state index contributed by atoms with van der Waals surface area (Å²) in [6.07, 6.45) is 3.36. The molecule has 1 heterocycles. The van der Waals surface area contributed by atoms with E-state index in [1.54, 1.807) is 17.7 Å². The van der Waals surface area contributed by atoms with Gasteiger partial charge in [-0.15, -0.1) is 0 Å². The zero-order valence-electron chi connectivity index (χ0n) is 9.36. The number of H-pyrrole nitrogens is 1. The molecule has 5 nitrogen and oxygen atoms in total. The summed E-state index contributed by atoms with van der Waals surface area (Å²) >= 11 is 0. The van der Waals surface area contributed by atoms with E-state index in [0.29, 0.717) is 0 Å². The summed E-state index contributed by atoms with van der Waals surface area (Å²) in [5, 5.41) is 0. The minimum atomic E-state index is -0.386. The van der Waals surface area contributed by atoms with Crippen molar-refractivity contribution in [3.63, 3.8) is 0 Å². The van der Waals surface area contributed by atoms with Crippen molar-refractivity contribution in [2.24, 2.45) is 12.0 Å². The van der Waals surface area contributed by atoms with E-state index < -0.39 is 0 Å². The molecule has 0 bridgehead atoms. The van der Waals surface area contributed by atoms with Crippen LogP contribution in [0.5, 0.6) is 0 Å². The van der Waals surface area contributed by atoms with Gasteiger partial charge in [0.15, 0.2) is 0 Å². The number of aliphatic imine (C=N–C) groups is 1. The summed E-state index contributed by atoms with van der Waals surface area (Å²) in [6.45, 7) is 0. The number of rotatable bonds is 2. The van der Waals surface area contributed by atoms with Crippen LogP contribution in [0.1, 0.15) is 18.4 Å². The molecule has 5 heteroatoms. The third kappa shape index (κ3) is 1.36. The highest BCUT2D eigenvalue weighted by molar-refractivity contribution is 5.76. The first-order valence-electron chi connectivity index (χ1n) is 5.45. The maximum atomic E-state index is 11.5. The third-order valence-electron chi connectivity index (χ3n) is 3.42. The zero-order valence-corrected chi connectivity index (χ0v) is 9.36. The Morgan fingerprint density at radius 2 is 2.24 bits per heavy atom. The Bertz CT molecular complexity index is 700. The number of isocyanates is 1. The van der Waals surface area contributed by atoms with Crippen LogP contribution in [-0.2, 0) is 17.4 Å². The fraction of sp³-hybridized carbons (Fsp3) is 0.333. The van der Waals surface area contributed by atoms with Crippen LogP contribution in [0.3, 0.4) is 0 Å². The fourth-order valence-corrected chi connectivity index (χ4v) is 2.20. The van der Waals surface area contributed by atoms with Crippen LogP contribution in [0.25, 0.3) is 11.0 Å². The molecule has 1 N–H and O–H groups in total. The topological polar surface area (TPSA) is 67.2 Å². The molecule has 0 saturated heterocycles. The Hall–Kier alpha value is -2.13. The summed E-state index contributed by atoms with van der Waals surface area (Å²) in [6, 6.07) is 5.69. The van der Waals surface area contributed by atoms with Crippen LogP contribution in [0.2, 0.25) is 0 Å². The van der Waals surface area contributed by atoms with Crippen molar-refractivity contribution in [1.82, 2.24) is 9.55 Å². The molecule has 2 aromatic rings. The van der Waals surface area contributed by atoms with E-state index in [2.05, 4.69) is 9.98 Å². The molecule has 86 valence electrons. The average molecular weight is 229 g/mol. The maximum absolute atomic E-state index is 11.5. The van der Waals surface area contributed by atoms with Gasteiger partial charge in [0.05, 0.1) is 16.6 Å². The molecule has 0 atom stereocenters. The average Bonchev–Trinajstić information content (AvgIpc) is 3.04. The molecule has 3 rings (SSSR count). The lowest BCUT2D eigenvalue weighted by Crippen LogP contribution is -2.11. The molecule has 0 radical (unpaired) electrons. The summed E-state index contributed by atoms with van der Waals surface area (Å²) in [7, 11) is 1.72. The Morgan fingerprint density at radius 3 is 2.88 bits per heavy atom. The second-order valence-electron chi connectivity index (χ2n) is 4.46. The standard InChI is InChI=1S/C12H11N3O2/c1-15-10-3-2-8(6-9(10)14-11(15)17)12(4-5-12)13-7-16/h2-3,6H,4-5H2,1H3,(H,14,17). The quantitative estimate of drug-likeness (QED) is 0.621. The van der Waals surface area contributed by atoms with Crippen LogP contribution in [0.15, 0.2) is 28.0 Å². The van der Waals surface area contributed by atoms with E-state index in [0.717, 1.165) is 29.4 Å². The van der Waals surface area contributed by atoms with Crippen LogP contribution >= 0.6 is 0 Å². The summed E-state index contributed by atoms with van der Waals surface area (Å²) < 4.78 is 1.56. The zero-order chi connectivity index (χ0) is 12.0. The van der Waals surface area contributed by atoms with Gasteiger partial charge in [0.1, 0.15) is 0 Å². The number of benzene rings is 1. The molecule has 0 unspecified atom stereocenters. The van der Waals surface area contributed by atoms with Gasteiger partial charge in [-0.3, -0.25) is 4.57 Å². The molecule has 0 spiro atoms. The van der Waals surface area contributed by atoms with E-state index in [1.807, 2.05) is 18.2 Å². The van der Waals surface area contributed by atoms with Gasteiger partial charge in [-0.25, -0.2) is 9.59 Å². The molecule has 1 fully saturated rings. The Labute approximate surface area is 96.8 Å². The molecule has 0 amide bonds. The minimum absolute atomic E-state index is 0.138. The van der Waals surface area contributed by atoms with Crippen LogP contribution in [0, 0.1) is 0 Å². The number of aryl methyl sites for hydroxylation is 1. The van der Waals surface area contributed by atoms with Crippen LogP contribution < -0.4 is 5.69 Å². The van der Waals surface area contributed by atoms with Crippen molar-refractivity contribution < 1.29 is 4.79 Å². The molecule has 0 aliphatic heterocycles. The molecule has 1 saturated carbocycles. The number of hydrogen-bond acceptors (Lipinski definition) is 3. The largest absolute Gasteiger partial charge is 0.326 e. The summed E-state index contributed by atoms with van der Waals surface area (Å²) in [5.41, 5.74) is 2.07. The number of aromatic amines is 1. The summed E-state index contributed by atoms with van der Waals surface area (Å²) in [4.78, 5) is 28.5. The molecule has 1 aromatic heterocycles.